The van der Waals surface area contributed by atoms with Gasteiger partial charge in [0.1, 0.15) is 12.1 Å². The zero-order valence-electron chi connectivity index (χ0n) is 19.8. The summed E-state index contributed by atoms with van der Waals surface area (Å²) in [5, 5.41) is 5.81. The topological polar surface area (TPSA) is 119 Å². The number of imide groups is 2. The van der Waals surface area contributed by atoms with Crippen molar-refractivity contribution >= 4 is 52.1 Å². The first-order valence-corrected chi connectivity index (χ1v) is 11.7. The third kappa shape index (κ3) is 4.13. The Morgan fingerprint density at radius 2 is 1.71 bits per heavy atom. The standard InChI is InChI=1S/C28H20N4O6/c33-25(29-18-6-2-1-3-7-18)15-31-14-17(20-8-4-5-9-22(20)31)12-21-26(34)30-28(36)32(27(21)35)19-10-11-23-24(13-19)38-16-37-23/h1-14H,15-16H2,(H,29,33)(H,30,34,36)/b21-12-. The van der Waals surface area contributed by atoms with Gasteiger partial charge in [-0.25, -0.2) is 9.69 Å². The molecule has 5 amide bonds. The molecule has 0 unspecified atom stereocenters. The second-order valence-electron chi connectivity index (χ2n) is 8.64. The molecule has 2 aliphatic heterocycles. The van der Waals surface area contributed by atoms with Gasteiger partial charge in [0.15, 0.2) is 11.5 Å². The minimum absolute atomic E-state index is 0.0144. The van der Waals surface area contributed by atoms with Crippen LogP contribution in [0, 0.1) is 0 Å². The van der Waals surface area contributed by atoms with Crippen molar-refractivity contribution in [2.24, 2.45) is 0 Å². The van der Waals surface area contributed by atoms with Crippen LogP contribution in [0.3, 0.4) is 0 Å². The predicted molar refractivity (Wildman–Crippen MR) is 139 cm³/mol. The van der Waals surface area contributed by atoms with Crippen molar-refractivity contribution in [1.82, 2.24) is 9.88 Å². The molecule has 10 heteroatoms. The fourth-order valence-corrected chi connectivity index (χ4v) is 4.47. The van der Waals surface area contributed by atoms with E-state index in [-0.39, 0.29) is 30.5 Å². The number of aromatic nitrogens is 1. The van der Waals surface area contributed by atoms with Crippen molar-refractivity contribution in [3.63, 3.8) is 0 Å². The average Bonchev–Trinajstić information content (AvgIpc) is 3.51. The number of benzene rings is 3. The van der Waals surface area contributed by atoms with Crippen LogP contribution in [-0.4, -0.2) is 35.1 Å². The predicted octanol–water partition coefficient (Wildman–Crippen LogP) is 3.68. The first-order chi connectivity index (χ1) is 18.5. The maximum atomic E-state index is 13.4. The van der Waals surface area contributed by atoms with Gasteiger partial charge >= 0.3 is 6.03 Å². The molecule has 0 atom stereocenters. The molecule has 1 aromatic heterocycles. The normalized spacial score (nSPS) is 15.7. The monoisotopic (exact) mass is 508 g/mol. The first-order valence-electron chi connectivity index (χ1n) is 11.7. The maximum Gasteiger partial charge on any atom is 0.335 e. The summed E-state index contributed by atoms with van der Waals surface area (Å²) in [6, 6.07) is 20.2. The van der Waals surface area contributed by atoms with E-state index < -0.39 is 17.8 Å². The van der Waals surface area contributed by atoms with Crippen LogP contribution in [0.5, 0.6) is 11.5 Å². The van der Waals surface area contributed by atoms with Crippen LogP contribution in [0.1, 0.15) is 5.56 Å². The highest BCUT2D eigenvalue weighted by Gasteiger charge is 2.37. The van der Waals surface area contributed by atoms with Crippen molar-refractivity contribution < 1.29 is 28.7 Å². The van der Waals surface area contributed by atoms with Gasteiger partial charge in [-0.05, 0) is 36.4 Å². The molecule has 3 heterocycles. The summed E-state index contributed by atoms with van der Waals surface area (Å²) in [6.45, 7) is 0.0521. The highest BCUT2D eigenvalue weighted by molar-refractivity contribution is 6.39. The lowest BCUT2D eigenvalue weighted by Crippen LogP contribution is -2.54. The Bertz CT molecular complexity index is 1660. The highest BCUT2D eigenvalue weighted by atomic mass is 16.7. The van der Waals surface area contributed by atoms with Crippen molar-refractivity contribution in [3.05, 3.63) is 90.1 Å². The van der Waals surface area contributed by atoms with Gasteiger partial charge in [0, 0.05) is 34.4 Å². The molecule has 2 N–H and O–H groups in total. The molecule has 6 rings (SSSR count). The Balaban J connectivity index is 1.33. The molecule has 0 spiro atoms. The van der Waals surface area contributed by atoms with Crippen LogP contribution >= 0.6 is 0 Å². The number of amides is 5. The molecule has 10 nitrogen and oxygen atoms in total. The van der Waals surface area contributed by atoms with Crippen molar-refractivity contribution in [2.45, 2.75) is 6.54 Å². The first kappa shape index (κ1) is 23.0. The molecular weight excluding hydrogens is 488 g/mol. The van der Waals surface area contributed by atoms with Crippen LogP contribution in [0.15, 0.2) is 84.6 Å². The zero-order valence-corrected chi connectivity index (χ0v) is 19.8. The Labute approximate surface area is 216 Å². The smallest absolute Gasteiger partial charge is 0.335 e. The largest absolute Gasteiger partial charge is 0.454 e. The van der Waals surface area contributed by atoms with E-state index >= 15 is 0 Å². The molecule has 0 bridgehead atoms. The minimum Gasteiger partial charge on any atom is -0.454 e. The molecular formula is C28H20N4O6. The Kier molecular flexibility index (Phi) is 5.61. The molecule has 3 aromatic carbocycles. The number of fused-ring (bicyclic) bond motifs is 2. The third-order valence-corrected chi connectivity index (χ3v) is 6.21. The summed E-state index contributed by atoms with van der Waals surface area (Å²) in [5.41, 5.74) is 1.98. The molecule has 0 radical (unpaired) electrons. The molecule has 2 aliphatic rings. The van der Waals surface area contributed by atoms with E-state index in [1.165, 1.54) is 18.2 Å². The van der Waals surface area contributed by atoms with Crippen LogP contribution in [-0.2, 0) is 20.9 Å². The lowest BCUT2D eigenvalue weighted by molar-refractivity contribution is -0.122. The number of carbonyl (C=O) groups excluding carboxylic acids is 4. The number of anilines is 2. The number of rotatable bonds is 5. The molecule has 0 aliphatic carbocycles. The van der Waals surface area contributed by atoms with Crippen LogP contribution < -0.4 is 25.0 Å². The number of nitrogens with zero attached hydrogens (tertiary/aromatic N) is 2. The second kappa shape index (κ2) is 9.25. The van der Waals surface area contributed by atoms with E-state index in [0.717, 1.165) is 15.8 Å². The van der Waals surface area contributed by atoms with Gasteiger partial charge < -0.3 is 19.4 Å². The van der Waals surface area contributed by atoms with E-state index in [1.807, 2.05) is 42.5 Å². The average molecular weight is 508 g/mol. The number of barbiturate groups is 1. The summed E-state index contributed by atoms with van der Waals surface area (Å²) in [4.78, 5) is 52.4. The summed E-state index contributed by atoms with van der Waals surface area (Å²) >= 11 is 0. The Morgan fingerprint density at radius 1 is 0.947 bits per heavy atom. The van der Waals surface area contributed by atoms with E-state index in [2.05, 4.69) is 10.6 Å². The summed E-state index contributed by atoms with van der Waals surface area (Å²) in [5.74, 6) is -0.939. The van der Waals surface area contributed by atoms with E-state index in [9.17, 15) is 19.2 Å². The van der Waals surface area contributed by atoms with Gasteiger partial charge in [0.05, 0.1) is 5.69 Å². The second-order valence-corrected chi connectivity index (χ2v) is 8.64. The van der Waals surface area contributed by atoms with Gasteiger partial charge in [0.25, 0.3) is 11.8 Å². The number of hydrogen-bond donors (Lipinski definition) is 2. The van der Waals surface area contributed by atoms with Gasteiger partial charge in [0.2, 0.25) is 12.7 Å². The SMILES string of the molecule is O=C(Cn1cc(/C=C2/C(=O)NC(=O)N(c3ccc4c(c3)OCO4)C2=O)c2ccccc21)Nc1ccccc1. The number of para-hydroxylation sites is 2. The van der Waals surface area contributed by atoms with Crippen molar-refractivity contribution in [2.75, 3.05) is 17.0 Å². The van der Waals surface area contributed by atoms with Gasteiger partial charge in [-0.15, -0.1) is 0 Å². The van der Waals surface area contributed by atoms with Gasteiger partial charge in [-0.3, -0.25) is 19.7 Å². The quantitative estimate of drug-likeness (QED) is 0.314. The van der Waals surface area contributed by atoms with Gasteiger partial charge in [-0.1, -0.05) is 36.4 Å². The molecule has 0 saturated carbocycles. The lowest BCUT2D eigenvalue weighted by atomic mass is 10.1. The number of nitrogens with one attached hydrogen (secondary N) is 2. The third-order valence-electron chi connectivity index (χ3n) is 6.21. The lowest BCUT2D eigenvalue weighted by Gasteiger charge is -2.26. The number of carbonyl (C=O) groups is 4. The van der Waals surface area contributed by atoms with Crippen molar-refractivity contribution in [1.29, 1.82) is 0 Å². The number of ether oxygens (including phenoxy) is 2. The maximum absolute atomic E-state index is 13.4. The van der Waals surface area contributed by atoms with Crippen LogP contribution in [0.4, 0.5) is 16.2 Å². The summed E-state index contributed by atoms with van der Waals surface area (Å²) in [6.07, 6.45) is 3.13. The zero-order chi connectivity index (χ0) is 26.2. The fourth-order valence-electron chi connectivity index (χ4n) is 4.47. The molecule has 38 heavy (non-hydrogen) atoms. The fraction of sp³-hybridized carbons (Fsp3) is 0.0714. The molecule has 1 saturated heterocycles. The number of hydrogen-bond acceptors (Lipinski definition) is 6. The highest BCUT2D eigenvalue weighted by Crippen LogP contribution is 2.36. The summed E-state index contributed by atoms with van der Waals surface area (Å²) in [7, 11) is 0. The van der Waals surface area contributed by atoms with Crippen LogP contribution in [0.25, 0.3) is 17.0 Å². The number of urea groups is 1. The molecule has 188 valence electrons. The Hall–Kier alpha value is -5.38. The molecule has 1 fully saturated rings. The van der Waals surface area contributed by atoms with Crippen molar-refractivity contribution in [3.8, 4) is 11.5 Å². The Morgan fingerprint density at radius 3 is 2.55 bits per heavy atom. The minimum atomic E-state index is -0.865. The van der Waals surface area contributed by atoms with Gasteiger partial charge in [-0.2, -0.15) is 0 Å². The van der Waals surface area contributed by atoms with E-state index in [0.29, 0.717) is 22.7 Å². The van der Waals surface area contributed by atoms with E-state index in [1.54, 1.807) is 29.0 Å². The molecule has 4 aromatic rings. The van der Waals surface area contributed by atoms with Crippen LogP contribution in [0.2, 0.25) is 0 Å². The summed E-state index contributed by atoms with van der Waals surface area (Å²) < 4.78 is 12.4. The van der Waals surface area contributed by atoms with E-state index in [4.69, 9.17) is 9.47 Å².